The first-order valence-electron chi connectivity index (χ1n) is 7.51. The smallest absolute Gasteiger partial charge is 0.326 e. The molecular weight excluding hydrogens is 344 g/mol. The minimum Gasteiger partial charge on any atom is -0.480 e. The Bertz CT molecular complexity index is 658. The maximum atomic E-state index is 14.6. The molecule has 0 aromatic heterocycles. The molecule has 4 nitrogen and oxygen atoms in total. The van der Waals surface area contributed by atoms with Gasteiger partial charge in [-0.1, -0.05) is 36.2 Å². The third-order valence-electron chi connectivity index (χ3n) is 5.29. The standard InChI is InChI=1S/C16H18Cl2FNO3/c1-2-15(19)9-6-12(16(20,13(9)15)14(21)22)23-7-8-3-4-10(17)11(18)5-8/h3-5,9,12-13H,2,6-7,20H2,1H3,(H,21,22)/t9-,12-,13+,15-,16+/m1/s1. The summed E-state index contributed by atoms with van der Waals surface area (Å²) in [5.74, 6) is -2.24. The lowest BCUT2D eigenvalue weighted by molar-refractivity contribution is -0.152. The molecule has 126 valence electrons. The number of fused-ring (bicyclic) bond motifs is 1. The third-order valence-corrected chi connectivity index (χ3v) is 6.03. The second-order valence-corrected chi connectivity index (χ2v) is 7.20. The number of ether oxygens (including phenoxy) is 1. The molecule has 2 aliphatic rings. The van der Waals surface area contributed by atoms with Gasteiger partial charge in [0.05, 0.1) is 22.8 Å². The van der Waals surface area contributed by atoms with E-state index in [0.29, 0.717) is 16.5 Å². The number of carbonyl (C=O) groups is 1. The molecular formula is C16H18Cl2FNO3. The Morgan fingerprint density at radius 3 is 2.74 bits per heavy atom. The molecule has 23 heavy (non-hydrogen) atoms. The highest BCUT2D eigenvalue weighted by molar-refractivity contribution is 6.42. The van der Waals surface area contributed by atoms with Crippen molar-refractivity contribution in [2.75, 3.05) is 0 Å². The maximum Gasteiger partial charge on any atom is 0.326 e. The van der Waals surface area contributed by atoms with Crippen molar-refractivity contribution < 1.29 is 19.0 Å². The van der Waals surface area contributed by atoms with Gasteiger partial charge < -0.3 is 15.6 Å². The van der Waals surface area contributed by atoms with Crippen LogP contribution in [0.2, 0.25) is 10.0 Å². The van der Waals surface area contributed by atoms with Crippen LogP contribution in [0.15, 0.2) is 18.2 Å². The van der Waals surface area contributed by atoms with Crippen LogP contribution in [-0.2, 0) is 16.1 Å². The van der Waals surface area contributed by atoms with Crippen molar-refractivity contribution in [2.24, 2.45) is 17.6 Å². The molecule has 0 radical (unpaired) electrons. The van der Waals surface area contributed by atoms with Crippen LogP contribution in [0.5, 0.6) is 0 Å². The van der Waals surface area contributed by atoms with Gasteiger partial charge in [-0.15, -0.1) is 0 Å². The number of aliphatic carboxylic acids is 1. The molecule has 0 aliphatic heterocycles. The van der Waals surface area contributed by atoms with Gasteiger partial charge in [0.2, 0.25) is 0 Å². The number of hydrogen-bond acceptors (Lipinski definition) is 3. The lowest BCUT2D eigenvalue weighted by atomic mass is 9.87. The Kier molecular flexibility index (Phi) is 4.12. The van der Waals surface area contributed by atoms with E-state index >= 15 is 0 Å². The van der Waals surface area contributed by atoms with Crippen molar-refractivity contribution in [3.63, 3.8) is 0 Å². The second-order valence-electron chi connectivity index (χ2n) is 6.39. The zero-order valence-electron chi connectivity index (χ0n) is 12.6. The molecule has 2 aliphatic carbocycles. The maximum absolute atomic E-state index is 14.6. The van der Waals surface area contributed by atoms with Crippen LogP contribution in [0, 0.1) is 11.8 Å². The van der Waals surface area contributed by atoms with Crippen molar-refractivity contribution in [3.8, 4) is 0 Å². The molecule has 0 unspecified atom stereocenters. The number of halogens is 3. The van der Waals surface area contributed by atoms with E-state index in [9.17, 15) is 14.3 Å². The third kappa shape index (κ3) is 2.45. The summed E-state index contributed by atoms with van der Waals surface area (Å²) in [5.41, 5.74) is 3.68. The average molecular weight is 362 g/mol. The fourth-order valence-corrected chi connectivity index (χ4v) is 4.28. The Balaban J connectivity index is 1.74. The Morgan fingerprint density at radius 1 is 1.48 bits per heavy atom. The van der Waals surface area contributed by atoms with Crippen LogP contribution in [0.3, 0.4) is 0 Å². The van der Waals surface area contributed by atoms with Crippen molar-refractivity contribution in [1.29, 1.82) is 0 Å². The monoisotopic (exact) mass is 361 g/mol. The number of carboxylic acids is 1. The molecule has 0 heterocycles. The molecule has 1 aromatic rings. The minimum atomic E-state index is -1.69. The second kappa shape index (κ2) is 5.59. The lowest BCUT2D eigenvalue weighted by Gasteiger charge is -2.32. The summed E-state index contributed by atoms with van der Waals surface area (Å²) in [6, 6.07) is 5.05. The summed E-state index contributed by atoms with van der Waals surface area (Å²) in [6.07, 6.45) is -0.132. The van der Waals surface area contributed by atoms with Crippen molar-refractivity contribution in [2.45, 2.75) is 43.7 Å². The first-order chi connectivity index (χ1) is 10.7. The van der Waals surface area contributed by atoms with E-state index in [1.807, 2.05) is 0 Å². The van der Waals surface area contributed by atoms with Gasteiger partial charge in [-0.3, -0.25) is 4.79 Å². The highest BCUT2D eigenvalue weighted by Crippen LogP contribution is 2.68. The van der Waals surface area contributed by atoms with E-state index in [1.165, 1.54) is 0 Å². The predicted molar refractivity (Wildman–Crippen MR) is 85.3 cm³/mol. The van der Waals surface area contributed by atoms with Gasteiger partial charge in [0.1, 0.15) is 11.2 Å². The van der Waals surface area contributed by atoms with Gasteiger partial charge in [0.25, 0.3) is 0 Å². The van der Waals surface area contributed by atoms with Crippen LogP contribution < -0.4 is 5.73 Å². The molecule has 3 rings (SSSR count). The predicted octanol–water partition coefficient (Wildman–Crippen LogP) is 3.43. The highest BCUT2D eigenvalue weighted by Gasteiger charge is 2.80. The highest BCUT2D eigenvalue weighted by atomic mass is 35.5. The summed E-state index contributed by atoms with van der Waals surface area (Å²) in [4.78, 5) is 11.7. The fraction of sp³-hybridized carbons (Fsp3) is 0.562. The molecule has 0 saturated heterocycles. The molecule has 2 fully saturated rings. The summed E-state index contributed by atoms with van der Waals surface area (Å²) in [6.45, 7) is 1.87. The van der Waals surface area contributed by atoms with Crippen molar-refractivity contribution in [1.82, 2.24) is 0 Å². The molecule has 7 heteroatoms. The quantitative estimate of drug-likeness (QED) is 0.842. The largest absolute Gasteiger partial charge is 0.480 e. The molecule has 1 aromatic carbocycles. The summed E-state index contributed by atoms with van der Waals surface area (Å²) in [5, 5.41) is 10.4. The van der Waals surface area contributed by atoms with Crippen LogP contribution >= 0.6 is 23.2 Å². The van der Waals surface area contributed by atoms with E-state index < -0.39 is 29.2 Å². The van der Waals surface area contributed by atoms with Gasteiger partial charge in [0, 0.05) is 11.8 Å². The SMILES string of the molecule is CC[C@@]1(F)[C@@H]2C[C@@H](OCc3ccc(Cl)c(Cl)c3)[C@@](N)(C(=O)O)[C@@H]21. The molecule has 5 atom stereocenters. The van der Waals surface area contributed by atoms with Crippen molar-refractivity contribution >= 4 is 29.2 Å². The molecule has 0 bridgehead atoms. The number of hydrogen-bond donors (Lipinski definition) is 2. The van der Waals surface area contributed by atoms with Gasteiger partial charge in [-0.05, 0) is 30.5 Å². The number of carboxylic acid groups (broad SMARTS) is 1. The first kappa shape index (κ1) is 17.0. The number of rotatable bonds is 5. The van der Waals surface area contributed by atoms with E-state index in [2.05, 4.69) is 0 Å². The van der Waals surface area contributed by atoms with Crippen LogP contribution in [-0.4, -0.2) is 28.4 Å². The first-order valence-corrected chi connectivity index (χ1v) is 8.27. The fourth-order valence-electron chi connectivity index (χ4n) is 3.96. The lowest BCUT2D eigenvalue weighted by Crippen LogP contribution is -2.59. The normalized spacial score (nSPS) is 38.4. The Morgan fingerprint density at radius 2 is 2.17 bits per heavy atom. The summed E-state index contributed by atoms with van der Waals surface area (Å²) in [7, 11) is 0. The van der Waals surface area contributed by atoms with Gasteiger partial charge in [-0.2, -0.15) is 0 Å². The zero-order valence-corrected chi connectivity index (χ0v) is 14.1. The average Bonchev–Trinajstić information content (AvgIpc) is 2.96. The number of nitrogens with two attached hydrogens (primary N) is 1. The molecule has 3 N–H and O–H groups in total. The topological polar surface area (TPSA) is 72.5 Å². The van der Waals surface area contributed by atoms with Crippen molar-refractivity contribution in [3.05, 3.63) is 33.8 Å². The summed E-state index contributed by atoms with van der Waals surface area (Å²) >= 11 is 11.8. The van der Waals surface area contributed by atoms with Gasteiger partial charge >= 0.3 is 5.97 Å². The van der Waals surface area contributed by atoms with Crippen LogP contribution in [0.25, 0.3) is 0 Å². The van der Waals surface area contributed by atoms with E-state index in [0.717, 1.165) is 5.56 Å². The molecule has 0 spiro atoms. The van der Waals surface area contributed by atoms with Gasteiger partial charge in [-0.25, -0.2) is 4.39 Å². The number of alkyl halides is 1. The van der Waals surface area contributed by atoms with E-state index in [4.69, 9.17) is 33.7 Å². The molecule has 2 saturated carbocycles. The van der Waals surface area contributed by atoms with Crippen LogP contribution in [0.4, 0.5) is 4.39 Å². The Hall–Kier alpha value is -0.880. The zero-order chi connectivity index (χ0) is 17.0. The van der Waals surface area contributed by atoms with E-state index in [1.54, 1.807) is 25.1 Å². The summed E-state index contributed by atoms with van der Waals surface area (Å²) < 4.78 is 20.3. The van der Waals surface area contributed by atoms with Crippen LogP contribution in [0.1, 0.15) is 25.3 Å². The number of benzene rings is 1. The minimum absolute atomic E-state index is 0.151. The molecule has 0 amide bonds. The van der Waals surface area contributed by atoms with Gasteiger partial charge in [0.15, 0.2) is 0 Å². The Labute approximate surface area is 143 Å². The van der Waals surface area contributed by atoms with E-state index in [-0.39, 0.29) is 18.9 Å².